The average Bonchev–Trinajstić information content (AvgIpc) is 2.90. The van der Waals surface area contributed by atoms with E-state index in [1.807, 2.05) is 12.1 Å². The molecule has 1 atom stereocenters. The Hall–Kier alpha value is -2.90. The van der Waals surface area contributed by atoms with Gasteiger partial charge in [-0.2, -0.15) is 13.7 Å². The Bertz CT molecular complexity index is 1450. The van der Waals surface area contributed by atoms with Gasteiger partial charge >= 0.3 is 0 Å². The molecule has 4 rings (SSSR count). The lowest BCUT2D eigenvalue weighted by molar-refractivity contribution is -0.125. The van der Waals surface area contributed by atoms with E-state index in [2.05, 4.69) is 26.5 Å². The molecule has 1 N–H and O–H groups in total. The number of amides is 1. The first-order valence-corrected chi connectivity index (χ1v) is 14.6. The number of halogens is 1. The van der Waals surface area contributed by atoms with Crippen LogP contribution in [0.1, 0.15) is 5.56 Å². The van der Waals surface area contributed by atoms with Crippen LogP contribution in [0.25, 0.3) is 0 Å². The van der Waals surface area contributed by atoms with Gasteiger partial charge in [0, 0.05) is 24.1 Å². The van der Waals surface area contributed by atoms with E-state index in [1.54, 1.807) is 48.5 Å². The molecule has 1 aliphatic heterocycles. The number of nitrogens with one attached hydrogen (secondary N) is 1. The molecule has 1 saturated heterocycles. The third kappa shape index (κ3) is 5.73. The highest BCUT2D eigenvalue weighted by Gasteiger charge is 2.43. The van der Waals surface area contributed by atoms with E-state index in [0.717, 1.165) is 13.1 Å². The van der Waals surface area contributed by atoms with Crippen molar-refractivity contribution >= 4 is 48.1 Å². The second kappa shape index (κ2) is 11.0. The van der Waals surface area contributed by atoms with Crippen molar-refractivity contribution in [3.63, 3.8) is 0 Å². The minimum absolute atomic E-state index is 0.0144. The van der Waals surface area contributed by atoms with Crippen LogP contribution in [0.4, 0.5) is 0 Å². The number of piperazine rings is 1. The molecular weight excluding hydrogens is 568 g/mol. The molecule has 0 aromatic heterocycles. The van der Waals surface area contributed by atoms with E-state index < -0.39 is 32.0 Å². The zero-order valence-corrected chi connectivity index (χ0v) is 22.2. The van der Waals surface area contributed by atoms with Crippen molar-refractivity contribution in [2.24, 2.45) is 5.10 Å². The SMILES string of the molecule is O=C(N/N=C\c1ccc(Br)cc1)[C@H]1CN(S(=O)(=O)c2ccccc2)CCN1S(=O)(=O)c1ccccc1. The number of hydrogen-bond donors (Lipinski definition) is 1. The molecule has 3 aromatic rings. The molecule has 1 fully saturated rings. The van der Waals surface area contributed by atoms with Crippen molar-refractivity contribution in [1.29, 1.82) is 0 Å². The zero-order valence-electron chi connectivity index (χ0n) is 18.9. The van der Waals surface area contributed by atoms with Crippen LogP contribution in [0.15, 0.2) is 104 Å². The van der Waals surface area contributed by atoms with Crippen LogP contribution in [-0.2, 0) is 24.8 Å². The maximum absolute atomic E-state index is 13.4. The molecule has 0 unspecified atom stereocenters. The summed E-state index contributed by atoms with van der Waals surface area (Å²) in [5.41, 5.74) is 3.08. The van der Waals surface area contributed by atoms with Gasteiger partial charge in [0.2, 0.25) is 20.0 Å². The zero-order chi connectivity index (χ0) is 25.8. The molecule has 36 heavy (non-hydrogen) atoms. The standard InChI is InChI=1S/C24H23BrN4O5S2/c25-20-13-11-19(12-14-20)17-26-27-24(30)23-18-28(35(31,32)21-7-3-1-4-8-21)15-16-29(23)36(33,34)22-9-5-2-6-10-22/h1-14,17,23H,15-16,18H2,(H,27,30)/b26-17-/t23-/m1/s1. The Morgan fingerprint density at radius 1 is 0.833 bits per heavy atom. The van der Waals surface area contributed by atoms with E-state index in [-0.39, 0.29) is 29.4 Å². The Balaban J connectivity index is 1.62. The molecule has 0 bridgehead atoms. The van der Waals surface area contributed by atoms with Crippen molar-refractivity contribution in [1.82, 2.24) is 14.0 Å². The van der Waals surface area contributed by atoms with Crippen LogP contribution in [0, 0.1) is 0 Å². The Kier molecular flexibility index (Phi) is 8.00. The summed E-state index contributed by atoms with van der Waals surface area (Å²) in [6.45, 7) is -0.657. The van der Waals surface area contributed by atoms with Crippen molar-refractivity contribution in [2.75, 3.05) is 19.6 Å². The molecule has 1 amide bonds. The summed E-state index contributed by atoms with van der Waals surface area (Å²) in [7, 11) is -8.02. The Morgan fingerprint density at radius 3 is 1.97 bits per heavy atom. The van der Waals surface area contributed by atoms with Crippen LogP contribution in [0.3, 0.4) is 0 Å². The Morgan fingerprint density at radius 2 is 1.39 bits per heavy atom. The maximum atomic E-state index is 13.4. The molecule has 9 nitrogen and oxygen atoms in total. The molecule has 3 aromatic carbocycles. The predicted molar refractivity (Wildman–Crippen MR) is 139 cm³/mol. The lowest BCUT2D eigenvalue weighted by atomic mass is 10.2. The third-order valence-corrected chi connectivity index (χ3v) is 9.92. The van der Waals surface area contributed by atoms with Gasteiger partial charge in [-0.1, -0.05) is 64.5 Å². The van der Waals surface area contributed by atoms with Crippen LogP contribution >= 0.6 is 15.9 Å². The highest BCUT2D eigenvalue weighted by Crippen LogP contribution is 2.25. The van der Waals surface area contributed by atoms with Crippen molar-refractivity contribution in [2.45, 2.75) is 15.8 Å². The number of carbonyl (C=O) groups is 1. The lowest BCUT2D eigenvalue weighted by Crippen LogP contribution is -2.60. The smallest absolute Gasteiger partial charge is 0.259 e. The highest BCUT2D eigenvalue weighted by atomic mass is 79.9. The molecule has 188 valence electrons. The van der Waals surface area contributed by atoms with E-state index in [9.17, 15) is 21.6 Å². The number of benzene rings is 3. The maximum Gasteiger partial charge on any atom is 0.259 e. The van der Waals surface area contributed by atoms with Gasteiger partial charge < -0.3 is 0 Å². The second-order valence-electron chi connectivity index (χ2n) is 7.91. The number of hydrogen-bond acceptors (Lipinski definition) is 6. The van der Waals surface area contributed by atoms with E-state index >= 15 is 0 Å². The summed E-state index contributed by atoms with van der Waals surface area (Å²) >= 11 is 3.34. The normalized spacial score (nSPS) is 17.8. The van der Waals surface area contributed by atoms with Crippen molar-refractivity contribution < 1.29 is 21.6 Å². The van der Waals surface area contributed by atoms with Gasteiger partial charge in [-0.15, -0.1) is 0 Å². The first-order chi connectivity index (χ1) is 17.2. The molecule has 0 radical (unpaired) electrons. The Labute approximate surface area is 218 Å². The number of sulfonamides is 2. The topological polar surface area (TPSA) is 116 Å². The number of carbonyl (C=O) groups excluding carboxylic acids is 1. The fourth-order valence-electron chi connectivity index (χ4n) is 3.72. The number of nitrogens with zero attached hydrogens (tertiary/aromatic N) is 3. The minimum atomic E-state index is -4.08. The molecule has 1 aliphatic rings. The predicted octanol–water partition coefficient (Wildman–Crippen LogP) is 2.66. The van der Waals surface area contributed by atoms with E-state index in [1.165, 1.54) is 30.5 Å². The minimum Gasteiger partial charge on any atom is -0.271 e. The van der Waals surface area contributed by atoms with Crippen molar-refractivity contribution in [3.8, 4) is 0 Å². The van der Waals surface area contributed by atoms with Crippen molar-refractivity contribution in [3.05, 3.63) is 95.0 Å². The van der Waals surface area contributed by atoms with Crippen LogP contribution in [0.2, 0.25) is 0 Å². The summed E-state index contributed by atoms with van der Waals surface area (Å²) < 4.78 is 56.2. The van der Waals surface area contributed by atoms with Crippen LogP contribution in [-0.4, -0.2) is 63.2 Å². The number of rotatable bonds is 7. The van der Waals surface area contributed by atoms with Gasteiger partial charge in [0.1, 0.15) is 6.04 Å². The van der Waals surface area contributed by atoms with Crippen LogP contribution < -0.4 is 5.43 Å². The second-order valence-corrected chi connectivity index (χ2v) is 12.7. The molecular formula is C24H23BrN4O5S2. The fraction of sp³-hybridized carbons (Fsp3) is 0.167. The van der Waals surface area contributed by atoms with Gasteiger partial charge in [0.25, 0.3) is 5.91 Å². The molecule has 0 spiro atoms. The number of hydrazone groups is 1. The average molecular weight is 592 g/mol. The van der Waals surface area contributed by atoms with Gasteiger partial charge in [0.15, 0.2) is 0 Å². The van der Waals surface area contributed by atoms with E-state index in [4.69, 9.17) is 0 Å². The van der Waals surface area contributed by atoms with Crippen LogP contribution in [0.5, 0.6) is 0 Å². The van der Waals surface area contributed by atoms with Gasteiger partial charge in [-0.25, -0.2) is 22.3 Å². The largest absolute Gasteiger partial charge is 0.271 e. The van der Waals surface area contributed by atoms with Gasteiger partial charge in [-0.3, -0.25) is 4.79 Å². The van der Waals surface area contributed by atoms with Gasteiger partial charge in [0.05, 0.1) is 16.0 Å². The van der Waals surface area contributed by atoms with Gasteiger partial charge in [-0.05, 0) is 42.0 Å². The molecule has 0 saturated carbocycles. The fourth-order valence-corrected chi connectivity index (χ4v) is 7.04. The molecule has 1 heterocycles. The molecule has 0 aliphatic carbocycles. The summed E-state index contributed by atoms with van der Waals surface area (Å²) in [5, 5.41) is 3.95. The molecule has 12 heteroatoms. The monoisotopic (exact) mass is 590 g/mol. The lowest BCUT2D eigenvalue weighted by Gasteiger charge is -2.38. The highest BCUT2D eigenvalue weighted by molar-refractivity contribution is 9.10. The summed E-state index contributed by atoms with van der Waals surface area (Å²) in [6.07, 6.45) is 1.42. The first kappa shape index (κ1) is 26.2. The quantitative estimate of drug-likeness (QED) is 0.335. The first-order valence-electron chi connectivity index (χ1n) is 10.9. The summed E-state index contributed by atoms with van der Waals surface area (Å²) in [6, 6.07) is 21.4. The summed E-state index contributed by atoms with van der Waals surface area (Å²) in [4.78, 5) is 13.3. The van der Waals surface area contributed by atoms with E-state index in [0.29, 0.717) is 5.56 Å². The summed E-state index contributed by atoms with van der Waals surface area (Å²) in [5.74, 6) is -0.740. The third-order valence-electron chi connectivity index (χ3n) is 5.59.